The maximum absolute atomic E-state index is 12.3. The Morgan fingerprint density at radius 1 is 0.434 bits per heavy atom. The molecule has 2 aliphatic rings. The fraction of sp³-hybridized carbons (Fsp3) is 0.722. The van der Waals surface area contributed by atoms with Gasteiger partial charge in [0.2, 0.25) is 0 Å². The summed E-state index contributed by atoms with van der Waals surface area (Å²) in [6.07, 6.45) is 53.1. The number of thioether (sulfide) groups is 1. The molecule has 0 aliphatic carbocycles. The minimum Gasteiger partial charge on any atom is -0.465 e. The third kappa shape index (κ3) is 40.9. The van der Waals surface area contributed by atoms with Gasteiger partial charge in [-0.05, 0) is 195 Å². The third-order valence-electron chi connectivity index (χ3n) is 16.4. The second-order valence-electron chi connectivity index (χ2n) is 23.8. The van der Waals surface area contributed by atoms with Crippen LogP contribution in [0.1, 0.15) is 257 Å². The van der Waals surface area contributed by atoms with E-state index in [-0.39, 0.29) is 36.7 Å². The first kappa shape index (κ1) is 73.3. The summed E-state index contributed by atoms with van der Waals surface area (Å²) in [4.78, 5) is 54.0. The van der Waals surface area contributed by atoms with Crippen molar-refractivity contribution in [2.75, 3.05) is 64.5 Å². The van der Waals surface area contributed by atoms with Crippen molar-refractivity contribution in [1.82, 2.24) is 9.80 Å². The summed E-state index contributed by atoms with van der Waals surface area (Å²) < 4.78 is 22.0. The summed E-state index contributed by atoms with van der Waals surface area (Å²) in [6.45, 7) is 14.8. The van der Waals surface area contributed by atoms with Crippen LogP contribution in [-0.4, -0.2) is 98.2 Å². The van der Waals surface area contributed by atoms with Gasteiger partial charge in [0.25, 0.3) is 0 Å². The van der Waals surface area contributed by atoms with Crippen LogP contribution >= 0.6 is 11.8 Å². The van der Waals surface area contributed by atoms with Gasteiger partial charge >= 0.3 is 23.9 Å². The lowest BCUT2D eigenvalue weighted by atomic mass is 9.94. The van der Waals surface area contributed by atoms with E-state index in [9.17, 15) is 19.2 Å². The van der Waals surface area contributed by atoms with Gasteiger partial charge in [-0.15, -0.1) is 0 Å². The molecule has 0 atom stereocenters. The molecule has 470 valence electrons. The molecule has 0 spiro atoms. The Bertz CT molecular complexity index is 1960. The lowest BCUT2D eigenvalue weighted by Crippen LogP contribution is -2.35. The summed E-state index contributed by atoms with van der Waals surface area (Å²) in [5, 5.41) is 0. The largest absolute Gasteiger partial charge is 0.465 e. The van der Waals surface area contributed by atoms with Gasteiger partial charge in [0, 0.05) is 25.1 Å². The Balaban J connectivity index is 0.000000435. The molecule has 2 aromatic rings. The number of esters is 4. The van der Waals surface area contributed by atoms with Crippen LogP contribution in [0.25, 0.3) is 0 Å². The van der Waals surface area contributed by atoms with Crippen LogP contribution in [0, 0.1) is 11.8 Å². The number of allylic oxidation sites excluding steroid dienone is 4. The number of likely N-dealkylation sites (tertiary alicyclic amines) is 2. The summed E-state index contributed by atoms with van der Waals surface area (Å²) in [7, 11) is 0. The lowest BCUT2D eigenvalue weighted by molar-refractivity contribution is -0.144. The van der Waals surface area contributed by atoms with Crippen molar-refractivity contribution >= 4 is 35.6 Å². The molecule has 0 radical (unpaired) electrons. The molecular weight excluding hydrogens is 1050 g/mol. The fourth-order valence-electron chi connectivity index (χ4n) is 11.0. The zero-order valence-corrected chi connectivity index (χ0v) is 54.0. The van der Waals surface area contributed by atoms with Crippen molar-refractivity contribution in [3.63, 3.8) is 0 Å². The van der Waals surface area contributed by atoms with Gasteiger partial charge in [-0.25, -0.2) is 0 Å². The fourth-order valence-corrected chi connectivity index (χ4v) is 11.5. The number of nitrogens with zero attached hydrogens (tertiary/aromatic N) is 2. The predicted octanol–water partition coefficient (Wildman–Crippen LogP) is 18.4. The summed E-state index contributed by atoms with van der Waals surface area (Å²) in [5.41, 5.74) is 1.75. The SMILES string of the molecule is CCCCCCCC/C=C\CCCCCCCC(=O)Oc1ccc(CC(=O)OCCC2CCN(CCC)CC2)cc1.CCCCCCCC/C=C\CCCCCCCC(=O)Oc1ccc(CC(=O)OCCC2CCN(CCSC)CC2)cc1. The predicted molar refractivity (Wildman–Crippen MR) is 349 cm³/mol. The highest BCUT2D eigenvalue weighted by Gasteiger charge is 2.21. The molecule has 0 aromatic heterocycles. The average Bonchev–Trinajstić information content (AvgIpc) is 3.51. The van der Waals surface area contributed by atoms with Crippen molar-refractivity contribution in [3.8, 4) is 11.5 Å². The highest BCUT2D eigenvalue weighted by Crippen LogP contribution is 2.23. The van der Waals surface area contributed by atoms with E-state index in [1.807, 2.05) is 36.0 Å². The van der Waals surface area contributed by atoms with E-state index in [1.54, 1.807) is 24.3 Å². The molecule has 2 saturated heterocycles. The second kappa shape index (κ2) is 51.3. The van der Waals surface area contributed by atoms with Crippen LogP contribution in [0.4, 0.5) is 0 Å². The Morgan fingerprint density at radius 3 is 1.12 bits per heavy atom. The zero-order chi connectivity index (χ0) is 59.5. The number of benzene rings is 2. The standard InChI is InChI=1S/C36H59NO4S.C36H59NO4/c1-3-4-5-6-7-8-9-10-11-12-13-14-15-16-17-18-35(38)41-34-21-19-33(20-22-34)31-36(39)40-29-25-32-23-26-37(27-24-32)28-30-42-2;1-3-5-6-7-8-9-10-11-12-13-14-15-16-17-18-19-35(38)41-34-22-20-33(21-23-34)31-36(39)40-30-26-32-24-28-37(27-4-2)29-25-32/h10-11,19-22,32H,3-9,12-18,23-31H2,1-2H3;11-12,20-23,32H,3-10,13-19,24-31H2,1-2H3/b11-10-;12-11-. The van der Waals surface area contributed by atoms with Gasteiger partial charge < -0.3 is 28.7 Å². The maximum Gasteiger partial charge on any atom is 0.311 e. The van der Waals surface area contributed by atoms with Crippen molar-refractivity contribution in [2.24, 2.45) is 11.8 Å². The number of hydrogen-bond acceptors (Lipinski definition) is 11. The van der Waals surface area contributed by atoms with Crippen LogP contribution in [0.2, 0.25) is 0 Å². The number of carbonyl (C=O) groups excluding carboxylic acids is 4. The monoisotopic (exact) mass is 1170 g/mol. The summed E-state index contributed by atoms with van der Waals surface area (Å²) >= 11 is 1.90. The molecule has 4 rings (SSSR count). The van der Waals surface area contributed by atoms with Crippen molar-refractivity contribution < 1.29 is 38.1 Å². The van der Waals surface area contributed by atoms with Gasteiger partial charge in [-0.2, -0.15) is 11.8 Å². The maximum atomic E-state index is 12.3. The first-order valence-electron chi connectivity index (χ1n) is 33.8. The minimum absolute atomic E-state index is 0.185. The van der Waals surface area contributed by atoms with Gasteiger partial charge in [-0.1, -0.05) is 172 Å². The van der Waals surface area contributed by atoms with Crippen LogP contribution in [-0.2, 0) is 41.5 Å². The highest BCUT2D eigenvalue weighted by molar-refractivity contribution is 7.98. The van der Waals surface area contributed by atoms with Gasteiger partial charge in [0.1, 0.15) is 11.5 Å². The Labute approximate surface area is 511 Å². The number of carbonyl (C=O) groups is 4. The van der Waals surface area contributed by atoms with Crippen LogP contribution < -0.4 is 9.47 Å². The van der Waals surface area contributed by atoms with Gasteiger partial charge in [-0.3, -0.25) is 19.2 Å². The minimum atomic E-state index is -0.193. The van der Waals surface area contributed by atoms with Crippen LogP contribution in [0.3, 0.4) is 0 Å². The molecule has 10 nitrogen and oxygen atoms in total. The molecule has 0 saturated carbocycles. The smallest absolute Gasteiger partial charge is 0.311 e. The molecule has 2 heterocycles. The normalized spacial score (nSPS) is 14.5. The molecule has 2 aromatic carbocycles. The zero-order valence-electron chi connectivity index (χ0n) is 53.2. The van der Waals surface area contributed by atoms with Crippen LogP contribution in [0.5, 0.6) is 11.5 Å². The Kier molecular flexibility index (Phi) is 45.3. The molecule has 83 heavy (non-hydrogen) atoms. The molecule has 0 bridgehead atoms. The summed E-state index contributed by atoms with van der Waals surface area (Å²) in [6, 6.07) is 14.4. The first-order chi connectivity index (χ1) is 40.7. The van der Waals surface area contributed by atoms with E-state index in [1.165, 1.54) is 205 Å². The molecular formula is C72H118N2O8S. The van der Waals surface area contributed by atoms with Crippen molar-refractivity contribution in [2.45, 2.75) is 258 Å². The van der Waals surface area contributed by atoms with E-state index in [2.05, 4.69) is 61.1 Å². The Hall–Kier alpha value is -3.93. The summed E-state index contributed by atoms with van der Waals surface area (Å²) in [5.74, 6) is 2.83. The number of ether oxygens (including phenoxy) is 4. The highest BCUT2D eigenvalue weighted by atomic mass is 32.2. The van der Waals surface area contributed by atoms with Gasteiger partial charge in [0.05, 0.1) is 26.1 Å². The molecule has 0 N–H and O–H groups in total. The van der Waals surface area contributed by atoms with Crippen LogP contribution in [0.15, 0.2) is 72.8 Å². The van der Waals surface area contributed by atoms with E-state index in [4.69, 9.17) is 18.9 Å². The van der Waals surface area contributed by atoms with Gasteiger partial charge in [0.15, 0.2) is 0 Å². The van der Waals surface area contributed by atoms with E-state index < -0.39 is 0 Å². The number of hydrogen-bond donors (Lipinski definition) is 0. The van der Waals surface area contributed by atoms with E-state index in [0.29, 0.717) is 49.4 Å². The lowest BCUT2D eigenvalue weighted by Gasteiger charge is -2.31. The first-order valence-corrected chi connectivity index (χ1v) is 35.2. The average molecular weight is 1170 g/mol. The molecule has 0 unspecified atom stereocenters. The topological polar surface area (TPSA) is 112 Å². The Morgan fingerprint density at radius 2 is 0.771 bits per heavy atom. The van der Waals surface area contributed by atoms with E-state index in [0.717, 1.165) is 62.7 Å². The molecule has 2 fully saturated rings. The second-order valence-corrected chi connectivity index (χ2v) is 24.8. The quantitative estimate of drug-likeness (QED) is 0.0273. The van der Waals surface area contributed by atoms with Crippen molar-refractivity contribution in [1.29, 1.82) is 0 Å². The molecule has 2 aliphatic heterocycles. The van der Waals surface area contributed by atoms with Crippen molar-refractivity contribution in [3.05, 3.63) is 84.0 Å². The third-order valence-corrected chi connectivity index (χ3v) is 17.0. The number of piperidine rings is 2. The molecule has 0 amide bonds. The number of rotatable bonds is 47. The number of unbranched alkanes of at least 4 members (excludes halogenated alkanes) is 22. The molecule has 11 heteroatoms. The van der Waals surface area contributed by atoms with E-state index >= 15 is 0 Å².